The van der Waals surface area contributed by atoms with Gasteiger partial charge in [0.25, 0.3) is 0 Å². The summed E-state index contributed by atoms with van der Waals surface area (Å²) in [5.74, 6) is -3.94. The van der Waals surface area contributed by atoms with Crippen LogP contribution in [-0.2, 0) is 57.1 Å². The Morgan fingerprint density at radius 3 is 1.90 bits per heavy atom. The fraction of sp³-hybridized carbons (Fsp3) is 0.455. The van der Waals surface area contributed by atoms with Crippen molar-refractivity contribution in [3.05, 3.63) is 59.7 Å². The zero-order chi connectivity index (χ0) is 35.0. The Morgan fingerprint density at radius 1 is 0.771 bits per heavy atom. The minimum atomic E-state index is -1.47. The number of benzene rings is 2. The van der Waals surface area contributed by atoms with Gasteiger partial charge in [0.1, 0.15) is 25.4 Å². The molecule has 0 bridgehead atoms. The van der Waals surface area contributed by atoms with E-state index in [0.717, 1.165) is 50.1 Å². The second-order valence-electron chi connectivity index (χ2n) is 11.1. The second kappa shape index (κ2) is 16.2. The van der Waals surface area contributed by atoms with Crippen molar-refractivity contribution in [2.45, 2.75) is 70.3 Å². The van der Waals surface area contributed by atoms with E-state index in [0.29, 0.717) is 0 Å². The van der Waals surface area contributed by atoms with Crippen molar-refractivity contribution >= 4 is 35.9 Å². The number of amides is 2. The molecule has 1 heterocycles. The van der Waals surface area contributed by atoms with Crippen LogP contribution in [0.15, 0.2) is 48.5 Å². The smallest absolute Gasteiger partial charge is 0.407 e. The van der Waals surface area contributed by atoms with E-state index in [-0.39, 0.29) is 12.5 Å². The van der Waals surface area contributed by atoms with E-state index in [9.17, 15) is 28.8 Å². The summed E-state index contributed by atoms with van der Waals surface area (Å²) in [6.45, 7) is 3.51. The summed E-state index contributed by atoms with van der Waals surface area (Å²) in [4.78, 5) is 73.6. The molecule has 48 heavy (non-hydrogen) atoms. The zero-order valence-electron chi connectivity index (χ0n) is 27.1. The molecule has 6 atom stereocenters. The summed E-state index contributed by atoms with van der Waals surface area (Å²) in [5.41, 5.74) is 4.07. The maximum absolute atomic E-state index is 13.0. The molecule has 2 aliphatic rings. The fourth-order valence-electron chi connectivity index (χ4n) is 5.72. The largest absolute Gasteiger partial charge is 0.467 e. The summed E-state index contributed by atoms with van der Waals surface area (Å²) >= 11 is 0. The fourth-order valence-corrected chi connectivity index (χ4v) is 5.72. The summed E-state index contributed by atoms with van der Waals surface area (Å²) in [6.07, 6.45) is -6.34. The van der Waals surface area contributed by atoms with Gasteiger partial charge in [0.05, 0.1) is 13.7 Å². The number of methoxy groups -OCH3 is 1. The molecular weight excluding hydrogens is 632 g/mol. The lowest BCUT2D eigenvalue weighted by Gasteiger charge is -2.45. The van der Waals surface area contributed by atoms with Gasteiger partial charge in [-0.05, 0) is 22.3 Å². The van der Waals surface area contributed by atoms with Gasteiger partial charge in [-0.15, -0.1) is 0 Å². The number of ether oxygens (including phenoxy) is 7. The Balaban J connectivity index is 1.50. The zero-order valence-corrected chi connectivity index (χ0v) is 27.1. The van der Waals surface area contributed by atoms with Crippen LogP contribution in [0, 0.1) is 0 Å². The number of hydrogen-bond donors (Lipinski definition) is 2. The summed E-state index contributed by atoms with van der Waals surface area (Å²) in [6, 6.07) is 12.9. The first-order valence-corrected chi connectivity index (χ1v) is 15.1. The molecule has 1 aliphatic heterocycles. The molecule has 2 aromatic carbocycles. The van der Waals surface area contributed by atoms with Crippen molar-refractivity contribution in [2.24, 2.45) is 0 Å². The molecule has 0 saturated carbocycles. The third-order valence-corrected chi connectivity index (χ3v) is 7.62. The van der Waals surface area contributed by atoms with E-state index in [1.165, 1.54) is 6.92 Å². The molecule has 0 spiro atoms. The average molecular weight is 671 g/mol. The molecule has 1 fully saturated rings. The summed E-state index contributed by atoms with van der Waals surface area (Å²) in [7, 11) is 1.11. The normalized spacial score (nSPS) is 21.8. The highest BCUT2D eigenvalue weighted by atomic mass is 16.7. The van der Waals surface area contributed by atoms with E-state index in [2.05, 4.69) is 10.6 Å². The van der Waals surface area contributed by atoms with E-state index in [4.69, 9.17) is 33.2 Å². The van der Waals surface area contributed by atoms with Crippen LogP contribution in [0.25, 0.3) is 11.1 Å². The number of carbonyl (C=O) groups excluding carboxylic acids is 6. The molecule has 2 N–H and O–H groups in total. The van der Waals surface area contributed by atoms with E-state index < -0.39 is 85.8 Å². The highest BCUT2D eigenvalue weighted by Crippen LogP contribution is 2.44. The molecule has 0 unspecified atom stereocenters. The molecule has 0 aromatic heterocycles. The topological polar surface area (TPSA) is 191 Å². The molecule has 4 rings (SSSR count). The molecule has 2 amide bonds. The maximum Gasteiger partial charge on any atom is 0.407 e. The highest BCUT2D eigenvalue weighted by molar-refractivity contribution is 5.82. The van der Waals surface area contributed by atoms with Crippen molar-refractivity contribution in [3.63, 3.8) is 0 Å². The maximum atomic E-state index is 13.0. The van der Waals surface area contributed by atoms with Crippen LogP contribution in [-0.4, -0.2) is 99.5 Å². The molecular formula is C33H38N2O13. The predicted octanol–water partition coefficient (Wildman–Crippen LogP) is 1.74. The van der Waals surface area contributed by atoms with E-state index in [1.54, 1.807) is 0 Å². The number of esters is 4. The third-order valence-electron chi connectivity index (χ3n) is 7.62. The molecule has 15 heteroatoms. The van der Waals surface area contributed by atoms with Gasteiger partial charge in [0.2, 0.25) is 5.91 Å². The van der Waals surface area contributed by atoms with Crippen molar-refractivity contribution in [2.75, 3.05) is 26.9 Å². The quantitative estimate of drug-likeness (QED) is 0.245. The summed E-state index contributed by atoms with van der Waals surface area (Å²) in [5, 5.41) is 4.99. The van der Waals surface area contributed by atoms with Crippen molar-refractivity contribution in [3.8, 4) is 11.1 Å². The Hall–Kier alpha value is -5.02. The molecule has 15 nitrogen and oxygen atoms in total. The molecule has 2 aromatic rings. The Bertz CT molecular complexity index is 1480. The van der Waals surface area contributed by atoms with Gasteiger partial charge in [-0.2, -0.15) is 0 Å². The monoisotopic (exact) mass is 670 g/mol. The minimum absolute atomic E-state index is 0.0234. The van der Waals surface area contributed by atoms with Crippen LogP contribution in [0.2, 0.25) is 0 Å². The molecule has 0 radical (unpaired) electrons. The van der Waals surface area contributed by atoms with Crippen molar-refractivity contribution < 1.29 is 61.9 Å². The van der Waals surface area contributed by atoms with Gasteiger partial charge in [-0.3, -0.25) is 19.2 Å². The van der Waals surface area contributed by atoms with Crippen molar-refractivity contribution in [1.82, 2.24) is 10.6 Å². The molecule has 1 aliphatic carbocycles. The first-order valence-electron chi connectivity index (χ1n) is 15.1. The van der Waals surface area contributed by atoms with Crippen LogP contribution >= 0.6 is 0 Å². The first kappa shape index (κ1) is 35.8. The van der Waals surface area contributed by atoms with Gasteiger partial charge in [-0.25, -0.2) is 9.59 Å². The van der Waals surface area contributed by atoms with Crippen LogP contribution in [0.4, 0.5) is 4.79 Å². The Labute approximate surface area is 276 Å². The van der Waals surface area contributed by atoms with Crippen LogP contribution in [0.1, 0.15) is 44.7 Å². The standard InChI is InChI=1S/C33H38N2O13/c1-17(36)34-28-30(47-20(4)39)29(46-19(3)38)27(16-43-18(2)37)48-32(28)44-15-26(31(40)42-5)35-33(41)45-14-25-23-12-8-6-10-21(23)22-11-7-9-13-24(22)25/h6-13,25-30,32H,14-16H2,1-5H3,(H,34,36)(H,35,41)/t26-,27-,28-,29+,30-,32+/m1/s1. The van der Waals surface area contributed by atoms with Gasteiger partial charge in [0, 0.05) is 33.6 Å². The lowest BCUT2D eigenvalue weighted by Crippen LogP contribution is -2.67. The molecule has 1 saturated heterocycles. The lowest BCUT2D eigenvalue weighted by molar-refractivity contribution is -0.278. The second-order valence-corrected chi connectivity index (χ2v) is 11.1. The number of carbonyl (C=O) groups is 6. The lowest BCUT2D eigenvalue weighted by atomic mass is 9.96. The number of hydrogen-bond acceptors (Lipinski definition) is 13. The predicted molar refractivity (Wildman–Crippen MR) is 164 cm³/mol. The Morgan fingerprint density at radius 2 is 1.35 bits per heavy atom. The minimum Gasteiger partial charge on any atom is -0.467 e. The van der Waals surface area contributed by atoms with Crippen LogP contribution in [0.3, 0.4) is 0 Å². The SMILES string of the molecule is COC(=O)[C@@H](CO[C@H]1O[C@H](COC(C)=O)[C@H](OC(C)=O)[C@H](OC(C)=O)[C@H]1NC(C)=O)NC(=O)OCC1c2ccccc2-c2ccccc21. The van der Waals surface area contributed by atoms with Gasteiger partial charge >= 0.3 is 30.0 Å². The average Bonchev–Trinajstić information content (AvgIpc) is 3.36. The molecule has 258 valence electrons. The third kappa shape index (κ3) is 8.86. The number of fused-ring (bicyclic) bond motifs is 3. The summed E-state index contributed by atoms with van der Waals surface area (Å²) < 4.78 is 38.1. The van der Waals surface area contributed by atoms with Crippen molar-refractivity contribution in [1.29, 1.82) is 0 Å². The van der Waals surface area contributed by atoms with E-state index in [1.807, 2.05) is 48.5 Å². The highest BCUT2D eigenvalue weighted by Gasteiger charge is 2.51. The van der Waals surface area contributed by atoms with Gasteiger partial charge < -0.3 is 43.8 Å². The van der Waals surface area contributed by atoms with Crippen LogP contribution in [0.5, 0.6) is 0 Å². The van der Waals surface area contributed by atoms with Crippen LogP contribution < -0.4 is 10.6 Å². The Kier molecular flexibility index (Phi) is 12.1. The van der Waals surface area contributed by atoms with E-state index >= 15 is 0 Å². The number of alkyl carbamates (subject to hydrolysis) is 1. The first-order chi connectivity index (χ1) is 22.9. The van der Waals surface area contributed by atoms with Gasteiger partial charge in [0.15, 0.2) is 24.5 Å². The number of nitrogens with one attached hydrogen (secondary N) is 2. The number of rotatable bonds is 12. The van der Waals surface area contributed by atoms with Gasteiger partial charge in [-0.1, -0.05) is 48.5 Å².